The van der Waals surface area contributed by atoms with E-state index in [-0.39, 0.29) is 10.6 Å². The number of rotatable bonds is 1. The molecule has 0 amide bonds. The standard InChI is InChI=1S/C18H11N3O2/c22-21(23)15-7-3-6-14-16(15)12-9-8-11-10-4-1-2-5-13(10)19-17(11)18(12)20-14/h1-9,19-20H. The van der Waals surface area contributed by atoms with E-state index in [0.717, 1.165) is 38.2 Å². The number of nitro benzene ring substituents is 1. The lowest BCUT2D eigenvalue weighted by molar-refractivity contribution is -0.383. The molecule has 5 heteroatoms. The Kier molecular flexibility index (Phi) is 2.18. The number of hydrogen-bond donors (Lipinski definition) is 2. The average Bonchev–Trinajstić information content (AvgIpc) is 3.12. The number of benzene rings is 3. The van der Waals surface area contributed by atoms with E-state index in [1.54, 1.807) is 12.1 Å². The van der Waals surface area contributed by atoms with Crippen molar-refractivity contribution in [1.82, 2.24) is 9.97 Å². The van der Waals surface area contributed by atoms with Crippen molar-refractivity contribution < 1.29 is 4.92 Å². The normalized spacial score (nSPS) is 11.8. The van der Waals surface area contributed by atoms with Gasteiger partial charge in [-0.25, -0.2) is 0 Å². The molecule has 3 aromatic carbocycles. The van der Waals surface area contributed by atoms with Crippen molar-refractivity contribution in [2.45, 2.75) is 0 Å². The molecule has 0 spiro atoms. The fraction of sp³-hybridized carbons (Fsp3) is 0. The van der Waals surface area contributed by atoms with Crippen LogP contribution in [-0.4, -0.2) is 14.9 Å². The van der Waals surface area contributed by atoms with Crippen LogP contribution in [0.5, 0.6) is 0 Å². The lowest BCUT2D eigenvalue weighted by Gasteiger charge is -1.95. The second-order valence-electron chi connectivity index (χ2n) is 5.66. The van der Waals surface area contributed by atoms with Crippen LogP contribution in [0.2, 0.25) is 0 Å². The van der Waals surface area contributed by atoms with Gasteiger partial charge in [0.1, 0.15) is 0 Å². The Hall–Kier alpha value is -3.34. The summed E-state index contributed by atoms with van der Waals surface area (Å²) in [7, 11) is 0. The van der Waals surface area contributed by atoms with E-state index in [1.165, 1.54) is 0 Å². The molecule has 5 rings (SSSR count). The number of fused-ring (bicyclic) bond motifs is 7. The van der Waals surface area contributed by atoms with Crippen LogP contribution in [0.4, 0.5) is 5.69 Å². The second-order valence-corrected chi connectivity index (χ2v) is 5.66. The summed E-state index contributed by atoms with van der Waals surface area (Å²) in [5.41, 5.74) is 3.85. The first-order chi connectivity index (χ1) is 11.2. The molecule has 0 atom stereocenters. The van der Waals surface area contributed by atoms with Crippen LogP contribution < -0.4 is 0 Å². The zero-order valence-corrected chi connectivity index (χ0v) is 12.0. The van der Waals surface area contributed by atoms with Crippen LogP contribution >= 0.6 is 0 Å². The fourth-order valence-electron chi connectivity index (χ4n) is 3.47. The summed E-state index contributed by atoms with van der Waals surface area (Å²) in [6.45, 7) is 0. The first kappa shape index (κ1) is 12.2. The molecule has 0 aliphatic heterocycles. The zero-order valence-electron chi connectivity index (χ0n) is 12.0. The number of aromatic nitrogens is 2. The number of non-ortho nitro benzene ring substituents is 1. The fourth-order valence-corrected chi connectivity index (χ4v) is 3.47. The van der Waals surface area contributed by atoms with Crippen LogP contribution in [0, 0.1) is 10.1 Å². The number of nitrogens with zero attached hydrogens (tertiary/aromatic N) is 1. The van der Waals surface area contributed by atoms with Crippen molar-refractivity contribution in [3.63, 3.8) is 0 Å². The molecule has 0 aliphatic carbocycles. The topological polar surface area (TPSA) is 74.7 Å². The van der Waals surface area contributed by atoms with E-state index in [9.17, 15) is 10.1 Å². The Morgan fingerprint density at radius 3 is 2.30 bits per heavy atom. The summed E-state index contributed by atoms with van der Waals surface area (Å²) < 4.78 is 0. The minimum absolute atomic E-state index is 0.129. The molecule has 0 saturated heterocycles. The number of hydrogen-bond acceptors (Lipinski definition) is 2. The van der Waals surface area contributed by atoms with Gasteiger partial charge in [-0.3, -0.25) is 10.1 Å². The van der Waals surface area contributed by atoms with Gasteiger partial charge < -0.3 is 9.97 Å². The highest BCUT2D eigenvalue weighted by molar-refractivity contribution is 6.23. The molecule has 2 N–H and O–H groups in total. The molecule has 2 heterocycles. The van der Waals surface area contributed by atoms with Crippen molar-refractivity contribution in [3.05, 3.63) is 64.7 Å². The summed E-state index contributed by atoms with van der Waals surface area (Å²) in [5.74, 6) is 0. The van der Waals surface area contributed by atoms with Crippen LogP contribution in [0.1, 0.15) is 0 Å². The van der Waals surface area contributed by atoms with Gasteiger partial charge >= 0.3 is 0 Å². The molecular weight excluding hydrogens is 290 g/mol. The Morgan fingerprint density at radius 2 is 1.43 bits per heavy atom. The van der Waals surface area contributed by atoms with Crippen molar-refractivity contribution in [3.8, 4) is 0 Å². The van der Waals surface area contributed by atoms with Gasteiger partial charge in [-0.05, 0) is 12.1 Å². The largest absolute Gasteiger partial charge is 0.353 e. The lowest BCUT2D eigenvalue weighted by atomic mass is 10.1. The number of nitro groups is 1. The van der Waals surface area contributed by atoms with Gasteiger partial charge in [0.15, 0.2) is 0 Å². The van der Waals surface area contributed by atoms with Gasteiger partial charge in [0, 0.05) is 27.7 Å². The molecule has 0 fully saturated rings. The molecule has 0 unspecified atom stereocenters. The Bertz CT molecular complexity index is 1250. The second kappa shape index (κ2) is 4.10. The first-order valence-corrected chi connectivity index (χ1v) is 7.32. The number of para-hydroxylation sites is 1. The predicted octanol–water partition coefficient (Wildman–Crippen LogP) is 4.86. The Labute approximate surface area is 129 Å². The molecule has 0 radical (unpaired) electrons. The Morgan fingerprint density at radius 1 is 0.739 bits per heavy atom. The van der Waals surface area contributed by atoms with Gasteiger partial charge in [0.2, 0.25) is 0 Å². The van der Waals surface area contributed by atoms with Crippen LogP contribution in [0.3, 0.4) is 0 Å². The number of aromatic amines is 2. The molecule has 5 aromatic rings. The summed E-state index contributed by atoms with van der Waals surface area (Å²) in [6, 6.07) is 17.2. The molecule has 110 valence electrons. The number of H-pyrrole nitrogens is 2. The lowest BCUT2D eigenvalue weighted by Crippen LogP contribution is -1.87. The van der Waals surface area contributed by atoms with Gasteiger partial charge in [-0.1, -0.05) is 36.4 Å². The number of nitrogens with one attached hydrogen (secondary N) is 2. The smallest absolute Gasteiger partial charge is 0.279 e. The third-order valence-electron chi connectivity index (χ3n) is 4.45. The molecule has 0 saturated carbocycles. The van der Waals surface area contributed by atoms with Gasteiger partial charge in [0.05, 0.1) is 26.9 Å². The third kappa shape index (κ3) is 1.51. The quantitative estimate of drug-likeness (QED) is 0.342. The van der Waals surface area contributed by atoms with Gasteiger partial charge in [-0.15, -0.1) is 0 Å². The SMILES string of the molecule is O=[N+]([O-])c1cccc2[nH]c3c(ccc4c5ccccc5[nH]c43)c12. The van der Waals surface area contributed by atoms with Crippen LogP contribution in [0.15, 0.2) is 54.6 Å². The van der Waals surface area contributed by atoms with Crippen molar-refractivity contribution in [2.75, 3.05) is 0 Å². The molecular formula is C18H11N3O2. The third-order valence-corrected chi connectivity index (χ3v) is 4.45. The van der Waals surface area contributed by atoms with E-state index >= 15 is 0 Å². The minimum atomic E-state index is -0.328. The predicted molar refractivity (Wildman–Crippen MR) is 91.8 cm³/mol. The van der Waals surface area contributed by atoms with Gasteiger partial charge in [-0.2, -0.15) is 0 Å². The van der Waals surface area contributed by atoms with Crippen LogP contribution in [-0.2, 0) is 0 Å². The summed E-state index contributed by atoms with van der Waals surface area (Å²) in [5, 5.41) is 15.1. The van der Waals surface area contributed by atoms with Gasteiger partial charge in [0.25, 0.3) is 5.69 Å². The maximum absolute atomic E-state index is 11.3. The van der Waals surface area contributed by atoms with E-state index in [2.05, 4.69) is 16.0 Å². The highest BCUT2D eigenvalue weighted by Gasteiger charge is 2.18. The maximum atomic E-state index is 11.3. The average molecular weight is 301 g/mol. The molecule has 5 nitrogen and oxygen atoms in total. The monoisotopic (exact) mass is 301 g/mol. The zero-order chi connectivity index (χ0) is 15.6. The van der Waals surface area contributed by atoms with E-state index in [0.29, 0.717) is 5.39 Å². The van der Waals surface area contributed by atoms with E-state index in [1.807, 2.05) is 36.4 Å². The molecule has 23 heavy (non-hydrogen) atoms. The minimum Gasteiger partial charge on any atom is -0.353 e. The maximum Gasteiger partial charge on any atom is 0.279 e. The van der Waals surface area contributed by atoms with Crippen molar-refractivity contribution >= 4 is 49.3 Å². The highest BCUT2D eigenvalue weighted by atomic mass is 16.6. The summed E-state index contributed by atoms with van der Waals surface area (Å²) in [6.07, 6.45) is 0. The Balaban J connectivity index is 2.04. The van der Waals surface area contributed by atoms with E-state index in [4.69, 9.17) is 0 Å². The molecule has 2 aromatic heterocycles. The van der Waals surface area contributed by atoms with E-state index < -0.39 is 0 Å². The molecule has 0 aliphatic rings. The van der Waals surface area contributed by atoms with Crippen molar-refractivity contribution in [1.29, 1.82) is 0 Å². The van der Waals surface area contributed by atoms with Crippen molar-refractivity contribution in [2.24, 2.45) is 0 Å². The molecule has 0 bridgehead atoms. The first-order valence-electron chi connectivity index (χ1n) is 7.32. The summed E-state index contributed by atoms with van der Waals surface area (Å²) in [4.78, 5) is 17.8. The summed E-state index contributed by atoms with van der Waals surface area (Å²) >= 11 is 0. The highest BCUT2D eigenvalue weighted by Crippen LogP contribution is 2.37. The van der Waals surface area contributed by atoms with Crippen LogP contribution in [0.25, 0.3) is 43.6 Å².